The van der Waals surface area contributed by atoms with E-state index in [9.17, 15) is 24.6 Å². The summed E-state index contributed by atoms with van der Waals surface area (Å²) in [6.07, 6.45) is 0. The van der Waals surface area contributed by atoms with Crippen LogP contribution in [0.5, 0.6) is 0 Å². The number of halogens is 2. The molecular weight excluding hydrogens is 231 g/mol. The SMILES string of the molecule is Cc1c(F)c([N+](=O)[O-])cc([N+](=O)[O-])c1Cl. The molecule has 80 valence electrons. The van der Waals surface area contributed by atoms with Crippen LogP contribution in [0.2, 0.25) is 5.02 Å². The van der Waals surface area contributed by atoms with Gasteiger partial charge < -0.3 is 0 Å². The fourth-order valence-corrected chi connectivity index (χ4v) is 1.21. The van der Waals surface area contributed by atoms with Crippen LogP contribution in [0, 0.1) is 33.0 Å². The minimum atomic E-state index is -1.16. The normalized spacial score (nSPS) is 10.1. The van der Waals surface area contributed by atoms with E-state index in [1.807, 2.05) is 0 Å². The van der Waals surface area contributed by atoms with Crippen molar-refractivity contribution in [3.63, 3.8) is 0 Å². The zero-order chi connectivity index (χ0) is 11.7. The fourth-order valence-electron chi connectivity index (χ4n) is 1.00. The second-order valence-corrected chi connectivity index (χ2v) is 3.06. The molecule has 1 rings (SSSR count). The highest BCUT2D eigenvalue weighted by atomic mass is 35.5. The Morgan fingerprint density at radius 3 is 2.13 bits per heavy atom. The van der Waals surface area contributed by atoms with E-state index >= 15 is 0 Å². The van der Waals surface area contributed by atoms with Gasteiger partial charge >= 0.3 is 5.69 Å². The van der Waals surface area contributed by atoms with E-state index in [-0.39, 0.29) is 5.56 Å². The van der Waals surface area contributed by atoms with Crippen molar-refractivity contribution in [1.82, 2.24) is 0 Å². The highest BCUT2D eigenvalue weighted by Gasteiger charge is 2.27. The first-order chi connectivity index (χ1) is 6.86. The summed E-state index contributed by atoms with van der Waals surface area (Å²) in [5.41, 5.74) is -1.94. The maximum Gasteiger partial charge on any atom is 0.312 e. The maximum atomic E-state index is 13.2. The van der Waals surface area contributed by atoms with Crippen molar-refractivity contribution in [1.29, 1.82) is 0 Å². The van der Waals surface area contributed by atoms with E-state index in [1.54, 1.807) is 0 Å². The van der Waals surface area contributed by atoms with Gasteiger partial charge in [0.1, 0.15) is 5.02 Å². The molecule has 0 N–H and O–H groups in total. The molecule has 1 aromatic rings. The number of rotatable bonds is 2. The molecule has 8 heteroatoms. The monoisotopic (exact) mass is 234 g/mol. The fraction of sp³-hybridized carbons (Fsp3) is 0.143. The molecule has 0 fully saturated rings. The molecule has 0 radical (unpaired) electrons. The molecule has 0 aliphatic carbocycles. The molecule has 1 aromatic carbocycles. The Morgan fingerprint density at radius 2 is 1.73 bits per heavy atom. The Bertz CT molecular complexity index is 425. The molecule has 0 saturated carbocycles. The summed E-state index contributed by atoms with van der Waals surface area (Å²) in [7, 11) is 0. The third-order valence-corrected chi connectivity index (χ3v) is 2.25. The van der Waals surface area contributed by atoms with Gasteiger partial charge in [-0.15, -0.1) is 0 Å². The molecule has 0 bridgehead atoms. The molecule has 0 aliphatic rings. The molecule has 0 amide bonds. The van der Waals surface area contributed by atoms with Gasteiger partial charge in [-0.05, 0) is 6.92 Å². The molecular formula is C7H4ClFN2O4. The first kappa shape index (κ1) is 11.3. The summed E-state index contributed by atoms with van der Waals surface area (Å²) >= 11 is 5.47. The van der Waals surface area contributed by atoms with Crippen molar-refractivity contribution in [3.8, 4) is 0 Å². The second kappa shape index (κ2) is 3.77. The first-order valence-corrected chi connectivity index (χ1v) is 4.01. The summed E-state index contributed by atoms with van der Waals surface area (Å²) in [4.78, 5) is 18.9. The third-order valence-electron chi connectivity index (χ3n) is 1.78. The van der Waals surface area contributed by atoms with Crippen LogP contribution >= 0.6 is 11.6 Å². The predicted octanol–water partition coefficient (Wildman–Crippen LogP) is 2.60. The van der Waals surface area contributed by atoms with Crippen LogP contribution in [0.3, 0.4) is 0 Å². The van der Waals surface area contributed by atoms with E-state index in [0.29, 0.717) is 6.07 Å². The lowest BCUT2D eigenvalue weighted by molar-refractivity contribution is -0.395. The second-order valence-electron chi connectivity index (χ2n) is 2.68. The van der Waals surface area contributed by atoms with Crippen molar-refractivity contribution in [2.45, 2.75) is 6.92 Å². The summed E-state index contributed by atoms with van der Waals surface area (Å²) < 4.78 is 13.2. The van der Waals surface area contributed by atoms with Crippen LogP contribution in [0.15, 0.2) is 6.07 Å². The number of hydrogen-bond donors (Lipinski definition) is 0. The van der Waals surface area contributed by atoms with E-state index in [1.165, 1.54) is 0 Å². The van der Waals surface area contributed by atoms with Crippen molar-refractivity contribution in [2.75, 3.05) is 0 Å². The molecule has 0 aromatic heterocycles. The highest BCUT2D eigenvalue weighted by Crippen LogP contribution is 2.34. The van der Waals surface area contributed by atoms with Crippen LogP contribution in [0.1, 0.15) is 5.56 Å². The Balaban J connectivity index is 3.59. The van der Waals surface area contributed by atoms with Gasteiger partial charge in [-0.1, -0.05) is 11.6 Å². The molecule has 0 saturated heterocycles. The van der Waals surface area contributed by atoms with Gasteiger partial charge in [0.15, 0.2) is 0 Å². The smallest absolute Gasteiger partial charge is 0.258 e. The Labute approximate surface area is 87.6 Å². The molecule has 0 spiro atoms. The van der Waals surface area contributed by atoms with Gasteiger partial charge in [0, 0.05) is 5.56 Å². The predicted molar refractivity (Wildman–Crippen MR) is 49.5 cm³/mol. The third kappa shape index (κ3) is 1.86. The summed E-state index contributed by atoms with van der Waals surface area (Å²) in [6, 6.07) is 0.505. The van der Waals surface area contributed by atoms with Crippen molar-refractivity contribution in [2.24, 2.45) is 0 Å². The summed E-state index contributed by atoms with van der Waals surface area (Å²) in [5, 5.41) is 20.4. The maximum absolute atomic E-state index is 13.2. The van der Waals surface area contributed by atoms with Crippen LogP contribution in [0.4, 0.5) is 15.8 Å². The van der Waals surface area contributed by atoms with Crippen molar-refractivity contribution in [3.05, 3.63) is 42.7 Å². The number of nitro benzene ring substituents is 2. The van der Waals surface area contributed by atoms with Gasteiger partial charge in [0.05, 0.1) is 15.9 Å². The number of hydrogen-bond acceptors (Lipinski definition) is 4. The summed E-state index contributed by atoms with van der Waals surface area (Å²) in [5.74, 6) is -1.16. The lowest BCUT2D eigenvalue weighted by Gasteiger charge is -2.01. The van der Waals surface area contributed by atoms with Crippen LogP contribution in [-0.2, 0) is 0 Å². The molecule has 15 heavy (non-hydrogen) atoms. The molecule has 0 heterocycles. The summed E-state index contributed by atoms with van der Waals surface area (Å²) in [6.45, 7) is 1.14. The molecule has 0 aliphatic heterocycles. The number of nitro groups is 2. The van der Waals surface area contributed by atoms with E-state index in [0.717, 1.165) is 6.92 Å². The van der Waals surface area contributed by atoms with E-state index < -0.39 is 32.1 Å². The van der Waals surface area contributed by atoms with Gasteiger partial charge in [0.2, 0.25) is 5.82 Å². The average Bonchev–Trinajstić information content (AvgIpc) is 2.13. The molecule has 0 atom stereocenters. The standard InChI is InChI=1S/C7H4ClFN2O4/c1-3-6(8)4(10(12)13)2-5(7(3)9)11(14)15/h2H,1H3. The molecule has 0 unspecified atom stereocenters. The average molecular weight is 235 g/mol. The van der Waals surface area contributed by atoms with Gasteiger partial charge in [-0.2, -0.15) is 4.39 Å². The first-order valence-electron chi connectivity index (χ1n) is 3.63. The van der Waals surface area contributed by atoms with Crippen LogP contribution in [0.25, 0.3) is 0 Å². The van der Waals surface area contributed by atoms with Crippen LogP contribution < -0.4 is 0 Å². The lowest BCUT2D eigenvalue weighted by Crippen LogP contribution is -1.99. The van der Waals surface area contributed by atoms with Crippen molar-refractivity contribution < 1.29 is 14.2 Å². The minimum absolute atomic E-state index is 0.308. The largest absolute Gasteiger partial charge is 0.312 e. The Morgan fingerprint density at radius 1 is 1.27 bits per heavy atom. The van der Waals surface area contributed by atoms with Gasteiger partial charge in [-0.3, -0.25) is 20.2 Å². The van der Waals surface area contributed by atoms with Crippen molar-refractivity contribution >= 4 is 23.0 Å². The van der Waals surface area contributed by atoms with E-state index in [2.05, 4.69) is 0 Å². The Kier molecular flexibility index (Phi) is 2.85. The minimum Gasteiger partial charge on any atom is -0.258 e. The van der Waals surface area contributed by atoms with Crippen LogP contribution in [-0.4, -0.2) is 9.85 Å². The topological polar surface area (TPSA) is 86.3 Å². The molecule has 6 nitrogen and oxygen atoms in total. The van der Waals surface area contributed by atoms with Gasteiger partial charge in [0.25, 0.3) is 5.69 Å². The highest BCUT2D eigenvalue weighted by molar-refractivity contribution is 6.33. The van der Waals surface area contributed by atoms with E-state index in [4.69, 9.17) is 11.6 Å². The zero-order valence-corrected chi connectivity index (χ0v) is 8.12. The lowest BCUT2D eigenvalue weighted by atomic mass is 10.2. The quantitative estimate of drug-likeness (QED) is 0.581. The Hall–Kier alpha value is -1.76. The zero-order valence-electron chi connectivity index (χ0n) is 7.36. The number of nitrogens with zero attached hydrogens (tertiary/aromatic N) is 2. The number of benzene rings is 1. The van der Waals surface area contributed by atoms with Gasteiger partial charge in [-0.25, -0.2) is 0 Å².